The molecule has 0 unspecified atom stereocenters. The molecule has 1 aromatic rings. The van der Waals surface area contributed by atoms with Crippen molar-refractivity contribution in [2.24, 2.45) is 5.92 Å². The van der Waals surface area contributed by atoms with Gasteiger partial charge in [-0.2, -0.15) is 0 Å². The van der Waals surface area contributed by atoms with Gasteiger partial charge in [0.25, 0.3) is 0 Å². The van der Waals surface area contributed by atoms with Crippen LogP contribution in [0.5, 0.6) is 0 Å². The minimum Gasteiger partial charge on any atom is -0.326 e. The van der Waals surface area contributed by atoms with E-state index in [0.717, 1.165) is 36.1 Å². The number of halogens is 2. The first-order valence-electron chi connectivity index (χ1n) is 6.11. The summed E-state index contributed by atoms with van der Waals surface area (Å²) in [6, 6.07) is 5.40. The molecule has 1 heterocycles. The molecule has 0 bridgehead atoms. The number of hydrogen-bond acceptors (Lipinski definition) is 2. The molecule has 1 amide bonds. The average molecular weight is 332 g/mol. The minimum absolute atomic E-state index is 0.0797. The molecular formula is C13H16BrClN2O. The highest BCUT2D eigenvalue weighted by Gasteiger charge is 2.16. The van der Waals surface area contributed by atoms with Gasteiger partial charge in [-0.3, -0.25) is 4.79 Å². The molecule has 0 aromatic heterocycles. The zero-order chi connectivity index (χ0) is 13.0. The van der Waals surface area contributed by atoms with Crippen LogP contribution in [0.1, 0.15) is 19.3 Å². The van der Waals surface area contributed by atoms with Crippen LogP contribution in [0, 0.1) is 5.92 Å². The summed E-state index contributed by atoms with van der Waals surface area (Å²) in [6.07, 6.45) is 2.76. The molecule has 1 aromatic carbocycles. The smallest absolute Gasteiger partial charge is 0.224 e. The fourth-order valence-electron chi connectivity index (χ4n) is 2.13. The van der Waals surface area contributed by atoms with Crippen molar-refractivity contribution >= 4 is 39.1 Å². The van der Waals surface area contributed by atoms with Gasteiger partial charge < -0.3 is 10.6 Å². The van der Waals surface area contributed by atoms with Gasteiger partial charge >= 0.3 is 0 Å². The number of rotatable bonds is 3. The first-order valence-corrected chi connectivity index (χ1v) is 7.28. The van der Waals surface area contributed by atoms with E-state index in [1.807, 2.05) is 12.1 Å². The molecule has 1 aliphatic rings. The topological polar surface area (TPSA) is 41.1 Å². The van der Waals surface area contributed by atoms with Crippen LogP contribution in [0.4, 0.5) is 5.69 Å². The number of carbonyl (C=O) groups excluding carboxylic acids is 1. The Labute approximate surface area is 120 Å². The van der Waals surface area contributed by atoms with Gasteiger partial charge in [-0.25, -0.2) is 0 Å². The van der Waals surface area contributed by atoms with Crippen LogP contribution in [-0.2, 0) is 4.79 Å². The normalized spacial score (nSPS) is 16.6. The van der Waals surface area contributed by atoms with Crippen molar-refractivity contribution in [1.29, 1.82) is 0 Å². The summed E-state index contributed by atoms with van der Waals surface area (Å²) in [4.78, 5) is 11.9. The lowest BCUT2D eigenvalue weighted by Crippen LogP contribution is -2.30. The number of nitrogens with one attached hydrogen (secondary N) is 2. The number of anilines is 1. The third kappa shape index (κ3) is 3.97. The van der Waals surface area contributed by atoms with Crippen molar-refractivity contribution in [2.75, 3.05) is 18.4 Å². The van der Waals surface area contributed by atoms with Gasteiger partial charge in [-0.1, -0.05) is 11.6 Å². The molecule has 3 nitrogen and oxygen atoms in total. The molecule has 0 spiro atoms. The first kappa shape index (κ1) is 13.8. The second kappa shape index (κ2) is 6.55. The van der Waals surface area contributed by atoms with E-state index in [2.05, 4.69) is 26.6 Å². The van der Waals surface area contributed by atoms with E-state index < -0.39 is 0 Å². The molecule has 2 rings (SSSR count). The van der Waals surface area contributed by atoms with E-state index in [9.17, 15) is 4.79 Å². The lowest BCUT2D eigenvalue weighted by Gasteiger charge is -2.21. The second-order valence-electron chi connectivity index (χ2n) is 4.57. The molecule has 1 saturated heterocycles. The summed E-state index contributed by atoms with van der Waals surface area (Å²) in [6.45, 7) is 2.04. The van der Waals surface area contributed by atoms with Crippen LogP contribution in [-0.4, -0.2) is 19.0 Å². The molecule has 98 valence electrons. The Balaban J connectivity index is 1.88. The average Bonchev–Trinajstić information content (AvgIpc) is 2.35. The van der Waals surface area contributed by atoms with Gasteiger partial charge in [0.2, 0.25) is 5.91 Å². The SMILES string of the molecule is O=C(CC1CCNCC1)Nc1ccc(Cl)c(Br)c1. The number of piperidine rings is 1. The van der Waals surface area contributed by atoms with Crippen LogP contribution in [0.15, 0.2) is 22.7 Å². The largest absolute Gasteiger partial charge is 0.326 e. The Morgan fingerprint density at radius 2 is 2.17 bits per heavy atom. The zero-order valence-electron chi connectivity index (χ0n) is 10.0. The van der Waals surface area contributed by atoms with Crippen LogP contribution in [0.2, 0.25) is 5.02 Å². The molecule has 1 aliphatic heterocycles. The van der Waals surface area contributed by atoms with Gasteiger partial charge in [0.15, 0.2) is 0 Å². The highest BCUT2D eigenvalue weighted by Crippen LogP contribution is 2.26. The zero-order valence-corrected chi connectivity index (χ0v) is 12.4. The van der Waals surface area contributed by atoms with Crippen LogP contribution in [0.25, 0.3) is 0 Å². The minimum atomic E-state index is 0.0797. The Morgan fingerprint density at radius 3 is 2.83 bits per heavy atom. The van der Waals surface area contributed by atoms with Gasteiger partial charge in [0.1, 0.15) is 0 Å². The number of benzene rings is 1. The Kier molecular flexibility index (Phi) is 5.03. The molecule has 0 aliphatic carbocycles. The highest BCUT2D eigenvalue weighted by molar-refractivity contribution is 9.10. The molecule has 1 fully saturated rings. The van der Waals surface area contributed by atoms with E-state index in [0.29, 0.717) is 17.4 Å². The molecule has 18 heavy (non-hydrogen) atoms. The van der Waals surface area contributed by atoms with Crippen LogP contribution in [0.3, 0.4) is 0 Å². The quantitative estimate of drug-likeness (QED) is 0.891. The van der Waals surface area contributed by atoms with Gasteiger partial charge in [-0.15, -0.1) is 0 Å². The molecule has 0 radical (unpaired) electrons. The summed E-state index contributed by atoms with van der Waals surface area (Å²) in [5.41, 5.74) is 0.783. The van der Waals surface area contributed by atoms with Crippen molar-refractivity contribution in [3.05, 3.63) is 27.7 Å². The molecule has 5 heteroatoms. The molecule has 0 atom stereocenters. The second-order valence-corrected chi connectivity index (χ2v) is 5.84. The van der Waals surface area contributed by atoms with Gasteiger partial charge in [0.05, 0.1) is 5.02 Å². The fourth-order valence-corrected chi connectivity index (χ4v) is 2.63. The van der Waals surface area contributed by atoms with Crippen molar-refractivity contribution < 1.29 is 4.79 Å². The van der Waals surface area contributed by atoms with Crippen LogP contribution < -0.4 is 10.6 Å². The van der Waals surface area contributed by atoms with Crippen molar-refractivity contribution in [3.63, 3.8) is 0 Å². The third-order valence-corrected chi connectivity index (χ3v) is 4.35. The van der Waals surface area contributed by atoms with E-state index in [-0.39, 0.29) is 5.91 Å². The van der Waals surface area contributed by atoms with Crippen LogP contribution >= 0.6 is 27.5 Å². The Hall–Kier alpha value is -0.580. The maximum Gasteiger partial charge on any atom is 0.224 e. The summed E-state index contributed by atoms with van der Waals surface area (Å²) in [5, 5.41) is 6.85. The summed E-state index contributed by atoms with van der Waals surface area (Å²) < 4.78 is 0.795. The Morgan fingerprint density at radius 1 is 1.44 bits per heavy atom. The maximum atomic E-state index is 11.9. The van der Waals surface area contributed by atoms with Gasteiger partial charge in [-0.05, 0) is 66.0 Å². The van der Waals surface area contributed by atoms with Crippen molar-refractivity contribution in [3.8, 4) is 0 Å². The van der Waals surface area contributed by atoms with Crippen molar-refractivity contribution in [1.82, 2.24) is 5.32 Å². The van der Waals surface area contributed by atoms with E-state index in [1.54, 1.807) is 6.07 Å². The number of hydrogen-bond donors (Lipinski definition) is 2. The predicted octanol–water partition coefficient (Wildman–Crippen LogP) is 3.43. The number of amides is 1. The lowest BCUT2D eigenvalue weighted by atomic mass is 9.94. The fraction of sp³-hybridized carbons (Fsp3) is 0.462. The molecular weight excluding hydrogens is 316 g/mol. The molecule has 2 N–H and O–H groups in total. The Bertz CT molecular complexity index is 433. The summed E-state index contributed by atoms with van der Waals surface area (Å²) in [5.74, 6) is 0.582. The van der Waals surface area contributed by atoms with E-state index >= 15 is 0 Å². The summed E-state index contributed by atoms with van der Waals surface area (Å²) >= 11 is 9.25. The predicted molar refractivity (Wildman–Crippen MR) is 78.0 cm³/mol. The maximum absolute atomic E-state index is 11.9. The number of carbonyl (C=O) groups is 1. The standard InChI is InChI=1S/C13H16BrClN2O/c14-11-8-10(1-2-12(11)15)17-13(18)7-9-3-5-16-6-4-9/h1-2,8-9,16H,3-7H2,(H,17,18). The summed E-state index contributed by atoms with van der Waals surface area (Å²) in [7, 11) is 0. The third-order valence-electron chi connectivity index (χ3n) is 3.14. The lowest BCUT2D eigenvalue weighted by molar-refractivity contribution is -0.117. The monoisotopic (exact) mass is 330 g/mol. The van der Waals surface area contributed by atoms with E-state index in [4.69, 9.17) is 11.6 Å². The molecule has 0 saturated carbocycles. The van der Waals surface area contributed by atoms with E-state index in [1.165, 1.54) is 0 Å². The first-order chi connectivity index (χ1) is 8.65. The van der Waals surface area contributed by atoms with Crippen molar-refractivity contribution in [2.45, 2.75) is 19.3 Å². The van der Waals surface area contributed by atoms with Gasteiger partial charge in [0, 0.05) is 16.6 Å². The highest BCUT2D eigenvalue weighted by atomic mass is 79.9.